The maximum absolute atomic E-state index is 13.7. The molecule has 0 heterocycles. The molecule has 0 aliphatic heterocycles. The highest BCUT2D eigenvalue weighted by Gasteiger charge is 2.46. The summed E-state index contributed by atoms with van der Waals surface area (Å²) in [5, 5.41) is 5.94. The van der Waals surface area contributed by atoms with Crippen molar-refractivity contribution in [1.29, 1.82) is 0 Å². The van der Waals surface area contributed by atoms with Gasteiger partial charge in [0.15, 0.2) is 0 Å². The Morgan fingerprint density at radius 2 is 1.55 bits per heavy atom. The molecule has 1 N–H and O–H groups in total. The summed E-state index contributed by atoms with van der Waals surface area (Å²) >= 11 is 6.40. The van der Waals surface area contributed by atoms with Gasteiger partial charge in [-0.2, -0.15) is 0 Å². The van der Waals surface area contributed by atoms with Crippen molar-refractivity contribution >= 4 is 28.3 Å². The van der Waals surface area contributed by atoms with Gasteiger partial charge in [-0.15, -0.1) is 0 Å². The molecule has 1 unspecified atom stereocenters. The minimum atomic E-state index is -0.0713. The van der Waals surface area contributed by atoms with Crippen LogP contribution < -0.4 is 5.32 Å². The molecule has 31 heavy (non-hydrogen) atoms. The highest BCUT2D eigenvalue weighted by molar-refractivity contribution is 6.36. The van der Waals surface area contributed by atoms with E-state index >= 15 is 0 Å². The van der Waals surface area contributed by atoms with E-state index < -0.39 is 0 Å². The second-order valence-corrected chi connectivity index (χ2v) is 8.85. The molecule has 162 valence electrons. The fourth-order valence-corrected chi connectivity index (χ4v) is 5.70. The largest absolute Gasteiger partial charge is 0.343 e. The van der Waals surface area contributed by atoms with Crippen LogP contribution in [0.15, 0.2) is 66.7 Å². The molecule has 1 fully saturated rings. The third kappa shape index (κ3) is 4.09. The summed E-state index contributed by atoms with van der Waals surface area (Å²) in [6.07, 6.45) is 4.57. The lowest BCUT2D eigenvalue weighted by Crippen LogP contribution is -2.56. The Bertz CT molecular complexity index is 1040. The van der Waals surface area contributed by atoms with Crippen LogP contribution in [-0.2, 0) is 0 Å². The van der Waals surface area contributed by atoms with E-state index in [1.807, 2.05) is 42.5 Å². The molecule has 3 nitrogen and oxygen atoms in total. The summed E-state index contributed by atoms with van der Waals surface area (Å²) in [5.41, 5.74) is 1.78. The monoisotopic (exact) mass is 434 g/mol. The summed E-state index contributed by atoms with van der Waals surface area (Å²) in [7, 11) is 0. The zero-order chi connectivity index (χ0) is 21.8. The highest BCUT2D eigenvalue weighted by Crippen LogP contribution is 2.44. The average Bonchev–Trinajstić information content (AvgIpc) is 3.29. The van der Waals surface area contributed by atoms with Gasteiger partial charge in [0.1, 0.15) is 0 Å². The van der Waals surface area contributed by atoms with Crippen molar-refractivity contribution in [2.24, 2.45) is 0 Å². The zero-order valence-corrected chi connectivity index (χ0v) is 19.2. The van der Waals surface area contributed by atoms with E-state index in [1.165, 1.54) is 18.4 Å². The molecule has 1 amide bonds. The lowest BCUT2D eigenvalue weighted by molar-refractivity contribution is 0.0554. The first-order chi connectivity index (χ1) is 15.1. The van der Waals surface area contributed by atoms with Crippen LogP contribution in [0.2, 0.25) is 5.02 Å². The number of fused-ring (bicyclic) bond motifs is 1. The van der Waals surface area contributed by atoms with Crippen molar-refractivity contribution in [2.75, 3.05) is 13.1 Å². The molecule has 3 aromatic rings. The summed E-state index contributed by atoms with van der Waals surface area (Å²) in [6.45, 7) is 6.39. The zero-order valence-electron chi connectivity index (χ0n) is 18.4. The summed E-state index contributed by atoms with van der Waals surface area (Å²) < 4.78 is 0. The molecular formula is C27H31ClN2O. The van der Waals surface area contributed by atoms with Crippen LogP contribution in [0.1, 0.15) is 61.5 Å². The quantitative estimate of drug-likeness (QED) is 0.453. The first-order valence-corrected chi connectivity index (χ1v) is 11.8. The van der Waals surface area contributed by atoms with Crippen LogP contribution in [0, 0.1) is 0 Å². The fraction of sp³-hybridized carbons (Fsp3) is 0.370. The molecule has 1 aliphatic rings. The van der Waals surface area contributed by atoms with Crippen LogP contribution in [0.3, 0.4) is 0 Å². The molecule has 0 saturated heterocycles. The normalized spacial score (nSPS) is 16.5. The van der Waals surface area contributed by atoms with Gasteiger partial charge in [-0.05, 0) is 49.0 Å². The minimum Gasteiger partial charge on any atom is -0.343 e. The summed E-state index contributed by atoms with van der Waals surface area (Å²) in [6, 6.07) is 21.9. The SMILES string of the molecule is CCN(CC)C1(C(NC(=O)c2ccc(Cl)c3ccccc23)c2ccccc2)CCCC1. The Labute approximate surface area is 190 Å². The first kappa shape index (κ1) is 21.9. The molecule has 1 atom stereocenters. The lowest BCUT2D eigenvalue weighted by atomic mass is 9.81. The summed E-state index contributed by atoms with van der Waals surface area (Å²) in [4.78, 5) is 16.2. The molecule has 3 aromatic carbocycles. The van der Waals surface area contributed by atoms with Gasteiger partial charge in [0, 0.05) is 21.5 Å². The second kappa shape index (κ2) is 9.42. The van der Waals surface area contributed by atoms with Crippen molar-refractivity contribution in [2.45, 2.75) is 51.1 Å². The van der Waals surface area contributed by atoms with E-state index in [2.05, 4.69) is 48.3 Å². The van der Waals surface area contributed by atoms with Gasteiger partial charge in [0.05, 0.1) is 6.04 Å². The smallest absolute Gasteiger partial charge is 0.252 e. The number of carbonyl (C=O) groups is 1. The fourth-order valence-electron chi connectivity index (χ4n) is 5.47. The van der Waals surface area contributed by atoms with Gasteiger partial charge < -0.3 is 5.32 Å². The maximum atomic E-state index is 13.7. The van der Waals surface area contributed by atoms with Crippen molar-refractivity contribution in [3.8, 4) is 0 Å². The molecule has 4 rings (SSSR count). The second-order valence-electron chi connectivity index (χ2n) is 8.44. The number of rotatable bonds is 7. The molecule has 0 radical (unpaired) electrons. The van der Waals surface area contributed by atoms with E-state index in [-0.39, 0.29) is 17.5 Å². The molecule has 0 bridgehead atoms. The van der Waals surface area contributed by atoms with Gasteiger partial charge in [-0.1, -0.05) is 92.9 Å². The number of amides is 1. The molecular weight excluding hydrogens is 404 g/mol. The van der Waals surface area contributed by atoms with Crippen LogP contribution in [0.5, 0.6) is 0 Å². The van der Waals surface area contributed by atoms with E-state index in [4.69, 9.17) is 11.6 Å². The van der Waals surface area contributed by atoms with Gasteiger partial charge >= 0.3 is 0 Å². The van der Waals surface area contributed by atoms with Crippen LogP contribution in [0.25, 0.3) is 10.8 Å². The van der Waals surface area contributed by atoms with Gasteiger partial charge in [-0.3, -0.25) is 9.69 Å². The van der Waals surface area contributed by atoms with E-state index in [0.717, 1.165) is 36.7 Å². The van der Waals surface area contributed by atoms with Gasteiger partial charge in [0.2, 0.25) is 0 Å². The minimum absolute atomic E-state index is 0.0415. The van der Waals surface area contributed by atoms with E-state index in [9.17, 15) is 4.79 Å². The Hall–Kier alpha value is -2.36. The lowest BCUT2D eigenvalue weighted by Gasteiger charge is -2.46. The molecule has 4 heteroatoms. The van der Waals surface area contributed by atoms with Crippen LogP contribution in [0.4, 0.5) is 0 Å². The number of hydrogen-bond acceptors (Lipinski definition) is 2. The highest BCUT2D eigenvalue weighted by atomic mass is 35.5. The number of benzene rings is 3. The molecule has 1 saturated carbocycles. The number of hydrogen-bond donors (Lipinski definition) is 1. The van der Waals surface area contributed by atoms with Crippen molar-refractivity contribution in [3.63, 3.8) is 0 Å². The Balaban J connectivity index is 1.78. The molecule has 0 spiro atoms. The average molecular weight is 435 g/mol. The standard InChI is InChI=1S/C27H31ClN2O/c1-3-30(4-2)27(18-10-11-19-27)25(20-12-6-5-7-13-20)29-26(31)23-16-17-24(28)22-15-9-8-14-21(22)23/h5-9,12-17,25H,3-4,10-11,18-19H2,1-2H3,(H,29,31). The number of nitrogens with zero attached hydrogens (tertiary/aromatic N) is 1. The molecule has 1 aliphatic carbocycles. The summed E-state index contributed by atoms with van der Waals surface area (Å²) in [5.74, 6) is -0.0415. The Morgan fingerprint density at radius 3 is 2.19 bits per heavy atom. The van der Waals surface area contributed by atoms with E-state index in [0.29, 0.717) is 10.6 Å². The Kier molecular flexibility index (Phi) is 6.64. The number of carbonyl (C=O) groups excluding carboxylic acids is 1. The van der Waals surface area contributed by atoms with Crippen LogP contribution in [-0.4, -0.2) is 29.4 Å². The van der Waals surface area contributed by atoms with Crippen LogP contribution >= 0.6 is 11.6 Å². The Morgan fingerprint density at radius 1 is 0.935 bits per heavy atom. The molecule has 0 aromatic heterocycles. The first-order valence-electron chi connectivity index (χ1n) is 11.4. The van der Waals surface area contributed by atoms with Gasteiger partial charge in [0.25, 0.3) is 5.91 Å². The number of likely N-dealkylation sites (N-methyl/N-ethyl adjacent to an activating group) is 1. The number of halogens is 1. The van der Waals surface area contributed by atoms with Gasteiger partial charge in [-0.25, -0.2) is 0 Å². The third-order valence-electron chi connectivity index (χ3n) is 6.92. The third-order valence-corrected chi connectivity index (χ3v) is 7.25. The maximum Gasteiger partial charge on any atom is 0.252 e. The topological polar surface area (TPSA) is 32.3 Å². The van der Waals surface area contributed by atoms with Crippen molar-refractivity contribution in [3.05, 3.63) is 82.9 Å². The van der Waals surface area contributed by atoms with E-state index in [1.54, 1.807) is 0 Å². The predicted octanol–water partition coefficient (Wildman–Crippen LogP) is 6.62. The predicted molar refractivity (Wildman–Crippen MR) is 130 cm³/mol. The number of nitrogens with one attached hydrogen (secondary N) is 1. The van der Waals surface area contributed by atoms with Crippen molar-refractivity contribution in [1.82, 2.24) is 10.2 Å². The van der Waals surface area contributed by atoms with Crippen molar-refractivity contribution < 1.29 is 4.79 Å².